The van der Waals surface area contributed by atoms with Gasteiger partial charge in [0.1, 0.15) is 17.5 Å². The fraction of sp³-hybridized carbons (Fsp3) is 0.235. The third kappa shape index (κ3) is 4.84. The van der Waals surface area contributed by atoms with Crippen LogP contribution in [0.5, 0.6) is 11.5 Å². The van der Waals surface area contributed by atoms with Gasteiger partial charge in [0.05, 0.1) is 35.6 Å². The van der Waals surface area contributed by atoms with Crippen molar-refractivity contribution in [1.29, 1.82) is 0 Å². The lowest BCUT2D eigenvalue weighted by Gasteiger charge is -2.19. The number of carbonyl (C=O) groups excluding carboxylic acids is 1. The number of benzene rings is 2. The average Bonchev–Trinajstić information content (AvgIpc) is 2.58. The van der Waals surface area contributed by atoms with Crippen LogP contribution in [0.3, 0.4) is 0 Å². The van der Waals surface area contributed by atoms with Gasteiger partial charge >= 0.3 is 0 Å². The number of ether oxygens (including phenoxy) is 2. The van der Waals surface area contributed by atoms with Crippen LogP contribution in [0.15, 0.2) is 30.3 Å². The summed E-state index contributed by atoms with van der Waals surface area (Å²) in [6.45, 7) is 1.70. The number of halogens is 3. The van der Waals surface area contributed by atoms with Gasteiger partial charge in [0.25, 0.3) is 0 Å². The molecule has 0 fully saturated rings. The van der Waals surface area contributed by atoms with Gasteiger partial charge < -0.3 is 20.1 Å². The van der Waals surface area contributed by atoms with E-state index in [-0.39, 0.29) is 5.91 Å². The number of nitrogens with one attached hydrogen (secondary N) is 2. The van der Waals surface area contributed by atoms with E-state index in [9.17, 15) is 4.79 Å². The predicted octanol–water partition coefficient (Wildman–Crippen LogP) is 5.10. The molecule has 0 aromatic heterocycles. The summed E-state index contributed by atoms with van der Waals surface area (Å²) in [7, 11) is 3.03. The Morgan fingerprint density at radius 3 is 2.28 bits per heavy atom. The van der Waals surface area contributed by atoms with Gasteiger partial charge in [-0.2, -0.15) is 0 Å². The van der Waals surface area contributed by atoms with Crippen LogP contribution in [0, 0.1) is 0 Å². The second kappa shape index (κ2) is 8.52. The lowest BCUT2D eigenvalue weighted by atomic mass is 10.2. The first-order valence-corrected chi connectivity index (χ1v) is 8.43. The zero-order valence-corrected chi connectivity index (χ0v) is 16.1. The quantitative estimate of drug-likeness (QED) is 0.704. The molecular formula is C17H17Cl3N2O3. The van der Waals surface area contributed by atoms with E-state index in [4.69, 9.17) is 44.3 Å². The summed E-state index contributed by atoms with van der Waals surface area (Å²) in [6.07, 6.45) is 0. The topological polar surface area (TPSA) is 59.6 Å². The van der Waals surface area contributed by atoms with Gasteiger partial charge in [-0.05, 0) is 31.2 Å². The summed E-state index contributed by atoms with van der Waals surface area (Å²) in [5.41, 5.74) is 1.00. The first kappa shape index (κ1) is 19.5. The maximum atomic E-state index is 12.4. The SMILES string of the molecule is COc1cc(OC)c(N[C@@H](C)C(=O)Nc2cc(Cl)ccc2Cl)cc1Cl. The Morgan fingerprint density at radius 2 is 1.64 bits per heavy atom. The molecule has 2 N–H and O–H groups in total. The summed E-state index contributed by atoms with van der Waals surface area (Å²) in [5.74, 6) is 0.687. The van der Waals surface area contributed by atoms with E-state index in [0.29, 0.717) is 37.9 Å². The minimum Gasteiger partial charge on any atom is -0.495 e. The van der Waals surface area contributed by atoms with E-state index < -0.39 is 6.04 Å². The summed E-state index contributed by atoms with van der Waals surface area (Å²) >= 11 is 18.1. The minimum absolute atomic E-state index is 0.293. The Labute approximate surface area is 161 Å². The molecule has 0 spiro atoms. The van der Waals surface area contributed by atoms with Gasteiger partial charge in [0, 0.05) is 11.1 Å². The second-order valence-electron chi connectivity index (χ2n) is 5.17. The molecule has 0 saturated heterocycles. The molecule has 0 heterocycles. The summed E-state index contributed by atoms with van der Waals surface area (Å²) in [6, 6.07) is 7.53. The Kier molecular flexibility index (Phi) is 6.64. The van der Waals surface area contributed by atoms with E-state index in [2.05, 4.69) is 10.6 Å². The van der Waals surface area contributed by atoms with Crippen LogP contribution in [0.2, 0.25) is 15.1 Å². The molecule has 0 radical (unpaired) electrons. The molecule has 0 aliphatic carbocycles. The number of carbonyl (C=O) groups is 1. The summed E-state index contributed by atoms with van der Waals surface area (Å²) in [4.78, 5) is 12.4. The average molecular weight is 404 g/mol. The molecule has 134 valence electrons. The first-order valence-electron chi connectivity index (χ1n) is 7.29. The normalized spacial score (nSPS) is 11.6. The molecular weight excluding hydrogens is 387 g/mol. The van der Waals surface area contributed by atoms with Gasteiger partial charge in [-0.15, -0.1) is 0 Å². The maximum absolute atomic E-state index is 12.4. The summed E-state index contributed by atoms with van der Waals surface area (Å²) < 4.78 is 10.5. The van der Waals surface area contributed by atoms with Gasteiger partial charge in [-0.1, -0.05) is 34.8 Å². The minimum atomic E-state index is -0.589. The van der Waals surface area contributed by atoms with Gasteiger partial charge in [0.2, 0.25) is 5.91 Å². The van der Waals surface area contributed by atoms with Crippen molar-refractivity contribution < 1.29 is 14.3 Å². The highest BCUT2D eigenvalue weighted by atomic mass is 35.5. The number of hydrogen-bond donors (Lipinski definition) is 2. The highest BCUT2D eigenvalue weighted by Gasteiger charge is 2.18. The Hall–Kier alpha value is -1.82. The largest absolute Gasteiger partial charge is 0.495 e. The lowest BCUT2D eigenvalue weighted by molar-refractivity contribution is -0.116. The number of anilines is 2. The lowest BCUT2D eigenvalue weighted by Crippen LogP contribution is -2.32. The molecule has 1 atom stereocenters. The van der Waals surface area contributed by atoms with Crippen molar-refractivity contribution in [3.63, 3.8) is 0 Å². The number of amides is 1. The van der Waals surface area contributed by atoms with Crippen LogP contribution in [0.25, 0.3) is 0 Å². The standard InChI is InChI=1S/C17H17Cl3N2O3/c1-9(17(23)22-13-6-10(18)4-5-11(13)19)21-14-7-12(20)15(24-2)8-16(14)25-3/h4-9,21H,1-3H3,(H,22,23)/t9-/m0/s1. The van der Waals surface area contributed by atoms with Crippen LogP contribution < -0.4 is 20.1 Å². The maximum Gasteiger partial charge on any atom is 0.246 e. The van der Waals surface area contributed by atoms with Crippen molar-refractivity contribution in [2.24, 2.45) is 0 Å². The van der Waals surface area contributed by atoms with Gasteiger partial charge in [-0.25, -0.2) is 0 Å². The van der Waals surface area contributed by atoms with Crippen molar-refractivity contribution in [1.82, 2.24) is 0 Å². The molecule has 0 bridgehead atoms. The molecule has 0 saturated carbocycles. The van der Waals surface area contributed by atoms with Crippen molar-refractivity contribution >= 4 is 52.1 Å². The van der Waals surface area contributed by atoms with Gasteiger partial charge in [-0.3, -0.25) is 4.79 Å². The third-order valence-electron chi connectivity index (χ3n) is 3.43. The molecule has 0 aliphatic heterocycles. The monoisotopic (exact) mass is 402 g/mol. The second-order valence-corrected chi connectivity index (χ2v) is 6.42. The Bertz CT molecular complexity index is 784. The van der Waals surface area contributed by atoms with E-state index in [1.165, 1.54) is 14.2 Å². The van der Waals surface area contributed by atoms with Crippen molar-refractivity contribution in [2.45, 2.75) is 13.0 Å². The van der Waals surface area contributed by atoms with Crippen LogP contribution in [0.4, 0.5) is 11.4 Å². The fourth-order valence-electron chi connectivity index (χ4n) is 2.11. The number of methoxy groups -OCH3 is 2. The van der Waals surface area contributed by atoms with Gasteiger partial charge in [0.15, 0.2) is 0 Å². The molecule has 2 rings (SSSR count). The number of rotatable bonds is 6. The molecule has 2 aromatic rings. The highest BCUT2D eigenvalue weighted by molar-refractivity contribution is 6.35. The molecule has 5 nitrogen and oxygen atoms in total. The summed E-state index contributed by atoms with van der Waals surface area (Å²) in [5, 5.41) is 7.06. The third-order valence-corrected chi connectivity index (χ3v) is 4.29. The van der Waals surface area contributed by atoms with Crippen molar-refractivity contribution in [2.75, 3.05) is 24.9 Å². The molecule has 0 unspecified atom stereocenters. The van der Waals surface area contributed by atoms with Crippen molar-refractivity contribution in [3.8, 4) is 11.5 Å². The Balaban J connectivity index is 2.16. The predicted molar refractivity (Wildman–Crippen MR) is 103 cm³/mol. The number of hydrogen-bond acceptors (Lipinski definition) is 4. The zero-order valence-electron chi connectivity index (χ0n) is 13.8. The molecule has 25 heavy (non-hydrogen) atoms. The molecule has 8 heteroatoms. The first-order chi connectivity index (χ1) is 11.8. The molecule has 2 aromatic carbocycles. The molecule has 0 aliphatic rings. The van der Waals surface area contributed by atoms with Crippen LogP contribution in [-0.4, -0.2) is 26.2 Å². The van der Waals surface area contributed by atoms with Crippen LogP contribution >= 0.6 is 34.8 Å². The van der Waals surface area contributed by atoms with E-state index in [1.54, 1.807) is 37.3 Å². The highest BCUT2D eigenvalue weighted by Crippen LogP contribution is 2.36. The van der Waals surface area contributed by atoms with Crippen LogP contribution in [-0.2, 0) is 4.79 Å². The van der Waals surface area contributed by atoms with Crippen LogP contribution in [0.1, 0.15) is 6.92 Å². The fourth-order valence-corrected chi connectivity index (χ4v) is 2.68. The Morgan fingerprint density at radius 1 is 0.960 bits per heavy atom. The smallest absolute Gasteiger partial charge is 0.246 e. The van der Waals surface area contributed by atoms with E-state index in [1.807, 2.05) is 0 Å². The molecule has 1 amide bonds. The van der Waals surface area contributed by atoms with Crippen molar-refractivity contribution in [3.05, 3.63) is 45.4 Å². The zero-order chi connectivity index (χ0) is 18.6. The van der Waals surface area contributed by atoms with E-state index in [0.717, 1.165) is 0 Å². The van der Waals surface area contributed by atoms with E-state index >= 15 is 0 Å².